The lowest BCUT2D eigenvalue weighted by Gasteiger charge is -2.40. The number of rotatable bonds is 7. The van der Waals surface area contributed by atoms with Crippen molar-refractivity contribution in [1.29, 1.82) is 0 Å². The summed E-state index contributed by atoms with van der Waals surface area (Å²) in [5.74, 6) is 0.794. The average molecular weight is 631 g/mol. The summed E-state index contributed by atoms with van der Waals surface area (Å²) in [7, 11) is 1.58. The van der Waals surface area contributed by atoms with Gasteiger partial charge in [-0.3, -0.25) is 4.57 Å². The van der Waals surface area contributed by atoms with E-state index in [1.54, 1.807) is 11.7 Å². The predicted molar refractivity (Wildman–Crippen MR) is 171 cm³/mol. The normalized spacial score (nSPS) is 23.4. The molecule has 244 valence electrons. The number of piperidine rings is 1. The molecule has 3 aliphatic rings. The molecule has 0 aliphatic carbocycles. The van der Waals surface area contributed by atoms with Crippen molar-refractivity contribution in [2.75, 3.05) is 33.7 Å². The standard InChI is InChI=1S/C34H42N6O6/c1-34(2,3)46-33(41)39-17-27(22-11-24-18-43-19-25(12-22)36-24)32-29(39)14-28(37-38-32)26-9-8-21(13-30(26)45-20-42-4)23-15-35-40(16-23)31-7-5-6-10-44-31/h8-9,13-17,22,24-25,31,36H,5-7,10-12,18-20H2,1-4H3. The highest BCUT2D eigenvalue weighted by atomic mass is 16.7. The maximum Gasteiger partial charge on any atom is 0.419 e. The van der Waals surface area contributed by atoms with Crippen LogP contribution in [0, 0.1) is 0 Å². The molecule has 3 unspecified atom stereocenters. The van der Waals surface area contributed by atoms with Gasteiger partial charge < -0.3 is 29.0 Å². The van der Waals surface area contributed by atoms with E-state index in [0.29, 0.717) is 35.7 Å². The van der Waals surface area contributed by atoms with Gasteiger partial charge in [0.2, 0.25) is 0 Å². The second-order valence-corrected chi connectivity index (χ2v) is 13.5. The highest BCUT2D eigenvalue weighted by molar-refractivity contribution is 5.92. The molecule has 12 heteroatoms. The smallest absolute Gasteiger partial charge is 0.419 e. The fourth-order valence-corrected chi connectivity index (χ4v) is 6.76. The van der Waals surface area contributed by atoms with Crippen molar-refractivity contribution in [3.8, 4) is 28.1 Å². The summed E-state index contributed by atoms with van der Waals surface area (Å²) in [5, 5.41) is 17.7. The molecule has 3 fully saturated rings. The highest BCUT2D eigenvalue weighted by Gasteiger charge is 2.35. The summed E-state index contributed by atoms with van der Waals surface area (Å²) < 4.78 is 32.3. The number of ether oxygens (including phenoxy) is 5. The Labute approximate surface area is 268 Å². The van der Waals surface area contributed by atoms with Crippen LogP contribution in [-0.4, -0.2) is 82.0 Å². The summed E-state index contributed by atoms with van der Waals surface area (Å²) >= 11 is 0. The molecule has 0 spiro atoms. The summed E-state index contributed by atoms with van der Waals surface area (Å²) in [6.07, 6.45) is 10.2. The zero-order valence-corrected chi connectivity index (χ0v) is 26.9. The van der Waals surface area contributed by atoms with Crippen LogP contribution in [0.1, 0.15) is 70.6 Å². The maximum absolute atomic E-state index is 13.5. The number of methoxy groups -OCH3 is 1. The molecule has 12 nitrogen and oxygen atoms in total. The molecule has 3 aromatic heterocycles. The zero-order chi connectivity index (χ0) is 31.8. The first kappa shape index (κ1) is 30.8. The van der Waals surface area contributed by atoms with Crippen molar-refractivity contribution in [2.24, 2.45) is 0 Å². The largest absolute Gasteiger partial charge is 0.467 e. The topological polar surface area (TPSA) is 124 Å². The zero-order valence-electron chi connectivity index (χ0n) is 26.9. The van der Waals surface area contributed by atoms with E-state index in [1.165, 1.54) is 0 Å². The van der Waals surface area contributed by atoms with Crippen LogP contribution < -0.4 is 10.1 Å². The predicted octanol–water partition coefficient (Wildman–Crippen LogP) is 5.66. The van der Waals surface area contributed by atoms with Gasteiger partial charge >= 0.3 is 6.09 Å². The van der Waals surface area contributed by atoms with Crippen molar-refractivity contribution in [3.05, 3.63) is 48.4 Å². The number of aromatic nitrogens is 5. The molecule has 0 amide bonds. The van der Waals surface area contributed by atoms with Gasteiger partial charge in [-0.25, -0.2) is 9.48 Å². The van der Waals surface area contributed by atoms with Crippen LogP contribution in [0.4, 0.5) is 4.79 Å². The minimum absolute atomic E-state index is 0.0445. The molecule has 0 radical (unpaired) electrons. The van der Waals surface area contributed by atoms with E-state index >= 15 is 0 Å². The molecule has 46 heavy (non-hydrogen) atoms. The van der Waals surface area contributed by atoms with Crippen molar-refractivity contribution in [1.82, 2.24) is 29.9 Å². The number of nitrogens with zero attached hydrogens (tertiary/aromatic N) is 5. The minimum atomic E-state index is -0.659. The molecular weight excluding hydrogens is 588 g/mol. The number of hydrogen-bond donors (Lipinski definition) is 1. The molecule has 0 saturated carbocycles. The van der Waals surface area contributed by atoms with Gasteiger partial charge in [-0.15, -0.1) is 10.2 Å². The maximum atomic E-state index is 13.5. The van der Waals surface area contributed by atoms with Crippen LogP contribution in [0.2, 0.25) is 0 Å². The third kappa shape index (κ3) is 6.39. The molecule has 1 aromatic carbocycles. The van der Waals surface area contributed by atoms with Crippen molar-refractivity contribution < 1.29 is 28.5 Å². The summed E-state index contributed by atoms with van der Waals surface area (Å²) in [5.41, 5.74) is 4.87. The Kier molecular flexibility index (Phi) is 8.53. The van der Waals surface area contributed by atoms with E-state index in [9.17, 15) is 4.79 Å². The first-order valence-electron chi connectivity index (χ1n) is 16.1. The average Bonchev–Trinajstić information content (AvgIpc) is 3.69. The lowest BCUT2D eigenvalue weighted by Crippen LogP contribution is -2.53. The van der Waals surface area contributed by atoms with E-state index < -0.39 is 11.7 Å². The monoisotopic (exact) mass is 630 g/mol. The Morgan fingerprint density at radius 1 is 1.07 bits per heavy atom. The Hall–Kier alpha value is -3.84. The number of carbonyl (C=O) groups excluding carboxylic acids is 1. The van der Waals surface area contributed by atoms with Crippen LogP contribution in [0.25, 0.3) is 33.4 Å². The van der Waals surface area contributed by atoms with E-state index in [-0.39, 0.29) is 31.0 Å². The van der Waals surface area contributed by atoms with E-state index in [0.717, 1.165) is 61.0 Å². The number of benzene rings is 1. The Morgan fingerprint density at radius 2 is 1.89 bits per heavy atom. The van der Waals surface area contributed by atoms with Gasteiger partial charge in [-0.05, 0) is 82.6 Å². The van der Waals surface area contributed by atoms with Gasteiger partial charge in [0.25, 0.3) is 0 Å². The lowest BCUT2D eigenvalue weighted by atomic mass is 9.83. The first-order chi connectivity index (χ1) is 22.3. The highest BCUT2D eigenvalue weighted by Crippen LogP contribution is 2.39. The SMILES string of the molecule is COCOc1cc(-c2cnn(C3CCCCO3)c2)ccc1-c1cc2c(nn1)c(C1CC3COCC(C1)N3)cn2C(=O)OC(C)(C)C. The molecule has 2 bridgehead atoms. The summed E-state index contributed by atoms with van der Waals surface area (Å²) in [6, 6.07) is 8.36. The third-order valence-electron chi connectivity index (χ3n) is 8.83. The Morgan fingerprint density at radius 3 is 2.63 bits per heavy atom. The van der Waals surface area contributed by atoms with Crippen LogP contribution in [0.3, 0.4) is 0 Å². The number of nitrogens with one attached hydrogen (secondary N) is 1. The van der Waals surface area contributed by atoms with Crippen LogP contribution >= 0.6 is 0 Å². The molecule has 3 saturated heterocycles. The molecule has 3 atom stereocenters. The van der Waals surface area contributed by atoms with Crippen LogP contribution in [0.5, 0.6) is 5.75 Å². The van der Waals surface area contributed by atoms with E-state index in [1.807, 2.05) is 68.3 Å². The van der Waals surface area contributed by atoms with E-state index in [2.05, 4.69) is 15.5 Å². The number of hydrogen-bond acceptors (Lipinski definition) is 10. The van der Waals surface area contributed by atoms with Crippen molar-refractivity contribution in [3.63, 3.8) is 0 Å². The summed E-state index contributed by atoms with van der Waals surface area (Å²) in [4.78, 5) is 13.5. The number of morpholine rings is 1. The minimum Gasteiger partial charge on any atom is -0.467 e. The Balaban J connectivity index is 1.26. The van der Waals surface area contributed by atoms with Gasteiger partial charge in [0.1, 0.15) is 23.1 Å². The van der Waals surface area contributed by atoms with Crippen LogP contribution in [0.15, 0.2) is 42.9 Å². The lowest BCUT2D eigenvalue weighted by molar-refractivity contribution is -0.0394. The van der Waals surface area contributed by atoms with Gasteiger partial charge in [0.15, 0.2) is 6.79 Å². The molecule has 7 rings (SSSR count). The first-order valence-corrected chi connectivity index (χ1v) is 16.1. The Bertz CT molecular complexity index is 1690. The molecular formula is C34H42N6O6. The molecule has 1 N–H and O–H groups in total. The fraction of sp³-hybridized carbons (Fsp3) is 0.529. The van der Waals surface area contributed by atoms with Gasteiger partial charge in [-0.2, -0.15) is 5.10 Å². The number of carbonyl (C=O) groups is 1. The molecule has 4 aromatic rings. The second kappa shape index (κ2) is 12.7. The fourth-order valence-electron chi connectivity index (χ4n) is 6.76. The van der Waals surface area contributed by atoms with Crippen molar-refractivity contribution in [2.45, 2.75) is 82.7 Å². The summed E-state index contributed by atoms with van der Waals surface area (Å²) in [6.45, 7) is 7.77. The van der Waals surface area contributed by atoms with Gasteiger partial charge in [0, 0.05) is 54.9 Å². The number of fused-ring (bicyclic) bond motifs is 3. The van der Waals surface area contributed by atoms with Crippen LogP contribution in [-0.2, 0) is 18.9 Å². The second-order valence-electron chi connectivity index (χ2n) is 13.5. The quantitative estimate of drug-likeness (QED) is 0.256. The van der Waals surface area contributed by atoms with E-state index in [4.69, 9.17) is 28.8 Å². The molecule has 6 heterocycles. The van der Waals surface area contributed by atoms with Gasteiger partial charge in [0.05, 0.1) is 30.6 Å². The van der Waals surface area contributed by atoms with Crippen molar-refractivity contribution >= 4 is 17.1 Å². The van der Waals surface area contributed by atoms with Gasteiger partial charge in [-0.1, -0.05) is 6.07 Å². The molecule has 3 aliphatic heterocycles. The third-order valence-corrected chi connectivity index (χ3v) is 8.83.